The first-order chi connectivity index (χ1) is 9.76. The number of ether oxygens (including phenoxy) is 1. The average Bonchev–Trinajstić information content (AvgIpc) is 3.06. The van der Waals surface area contributed by atoms with E-state index in [1.165, 1.54) is 0 Å². The van der Waals surface area contributed by atoms with E-state index in [-0.39, 0.29) is 5.92 Å². The summed E-state index contributed by atoms with van der Waals surface area (Å²) in [5.41, 5.74) is 2.56. The van der Waals surface area contributed by atoms with E-state index in [4.69, 9.17) is 16.3 Å². The third-order valence-electron chi connectivity index (χ3n) is 3.50. The molecule has 2 aromatic rings. The summed E-state index contributed by atoms with van der Waals surface area (Å²) in [6.45, 7) is 1.99. The van der Waals surface area contributed by atoms with Crippen LogP contribution in [0.4, 0.5) is 0 Å². The summed E-state index contributed by atoms with van der Waals surface area (Å²) in [6, 6.07) is 7.65. The molecule has 0 amide bonds. The first-order valence-electron chi connectivity index (χ1n) is 6.61. The Hall–Kier alpha value is -1.65. The number of aldehydes is 1. The van der Waals surface area contributed by atoms with Gasteiger partial charge in [-0.25, -0.2) is 0 Å². The maximum Gasteiger partial charge on any atom is 0.153 e. The summed E-state index contributed by atoms with van der Waals surface area (Å²) in [5.74, 6) is 0.232. The monoisotopic (exact) mass is 290 g/mol. The van der Waals surface area contributed by atoms with Crippen LogP contribution in [-0.2, 0) is 11.3 Å². The van der Waals surface area contributed by atoms with Crippen molar-refractivity contribution in [2.75, 3.05) is 13.2 Å². The summed E-state index contributed by atoms with van der Waals surface area (Å²) in [5, 5.41) is 5.25. The fourth-order valence-electron chi connectivity index (χ4n) is 2.51. The Bertz CT molecular complexity index is 618. The number of benzene rings is 1. The number of halogens is 1. The van der Waals surface area contributed by atoms with E-state index in [0.29, 0.717) is 23.7 Å². The molecule has 2 heterocycles. The summed E-state index contributed by atoms with van der Waals surface area (Å²) in [6.07, 6.45) is 3.59. The molecule has 0 spiro atoms. The molecule has 0 aliphatic carbocycles. The zero-order valence-electron chi connectivity index (χ0n) is 11.0. The zero-order valence-corrected chi connectivity index (χ0v) is 11.7. The standard InChI is InChI=1S/C15H15ClN2O2/c16-14-3-1-2-11(6-14)7-18-8-13(9-19)15(17-18)12-4-5-20-10-12/h1-3,6,8-9,12H,4-5,7,10H2. The molecule has 0 N–H and O–H groups in total. The Morgan fingerprint density at radius 2 is 2.40 bits per heavy atom. The molecule has 0 radical (unpaired) electrons. The predicted molar refractivity (Wildman–Crippen MR) is 76.3 cm³/mol. The number of carbonyl (C=O) groups excluding carboxylic acids is 1. The summed E-state index contributed by atoms with van der Waals surface area (Å²) in [4.78, 5) is 11.2. The molecule has 0 bridgehead atoms. The maximum absolute atomic E-state index is 11.2. The van der Waals surface area contributed by atoms with E-state index in [2.05, 4.69) is 5.10 Å². The fourth-order valence-corrected chi connectivity index (χ4v) is 2.73. The molecular weight excluding hydrogens is 276 g/mol. The van der Waals surface area contributed by atoms with Crippen LogP contribution in [-0.4, -0.2) is 29.3 Å². The third-order valence-corrected chi connectivity index (χ3v) is 3.73. The van der Waals surface area contributed by atoms with Crippen molar-refractivity contribution in [3.8, 4) is 0 Å². The molecule has 3 rings (SSSR count). The normalized spacial score (nSPS) is 18.4. The molecule has 4 nitrogen and oxygen atoms in total. The molecule has 1 aromatic heterocycles. The highest BCUT2D eigenvalue weighted by Crippen LogP contribution is 2.26. The van der Waals surface area contributed by atoms with E-state index in [0.717, 1.165) is 30.6 Å². The number of rotatable bonds is 4. The molecule has 1 unspecified atom stereocenters. The minimum atomic E-state index is 0.232. The van der Waals surface area contributed by atoms with E-state index in [1.807, 2.05) is 24.3 Å². The van der Waals surface area contributed by atoms with Gasteiger partial charge in [-0.1, -0.05) is 23.7 Å². The second kappa shape index (κ2) is 5.77. The third kappa shape index (κ3) is 2.76. The van der Waals surface area contributed by atoms with Crippen LogP contribution < -0.4 is 0 Å². The van der Waals surface area contributed by atoms with Gasteiger partial charge >= 0.3 is 0 Å². The zero-order chi connectivity index (χ0) is 13.9. The van der Waals surface area contributed by atoms with E-state index in [1.54, 1.807) is 10.9 Å². The van der Waals surface area contributed by atoms with Gasteiger partial charge in [0.25, 0.3) is 0 Å². The summed E-state index contributed by atoms with van der Waals surface area (Å²) in [7, 11) is 0. The van der Waals surface area contributed by atoms with Crippen LogP contribution in [0.2, 0.25) is 5.02 Å². The second-order valence-electron chi connectivity index (χ2n) is 4.98. The van der Waals surface area contributed by atoms with Crippen LogP contribution in [0.1, 0.15) is 34.0 Å². The van der Waals surface area contributed by atoms with Gasteiger partial charge in [-0.15, -0.1) is 0 Å². The van der Waals surface area contributed by atoms with Crippen LogP contribution >= 0.6 is 11.6 Å². The Morgan fingerprint density at radius 3 is 3.10 bits per heavy atom. The van der Waals surface area contributed by atoms with Gasteiger partial charge in [0.05, 0.1) is 24.4 Å². The lowest BCUT2D eigenvalue weighted by molar-refractivity contribution is 0.112. The average molecular weight is 291 g/mol. The quantitative estimate of drug-likeness (QED) is 0.813. The smallest absolute Gasteiger partial charge is 0.153 e. The van der Waals surface area contributed by atoms with Crippen LogP contribution in [0.15, 0.2) is 30.5 Å². The Labute approximate surface area is 122 Å². The highest BCUT2D eigenvalue weighted by Gasteiger charge is 2.23. The van der Waals surface area contributed by atoms with Crippen molar-refractivity contribution in [2.45, 2.75) is 18.9 Å². The van der Waals surface area contributed by atoms with Gasteiger partial charge in [0.1, 0.15) is 0 Å². The lowest BCUT2D eigenvalue weighted by Crippen LogP contribution is -2.04. The molecule has 1 aromatic carbocycles. The Balaban J connectivity index is 1.85. The minimum Gasteiger partial charge on any atom is -0.381 e. The van der Waals surface area contributed by atoms with Crippen molar-refractivity contribution in [3.05, 3.63) is 52.3 Å². The van der Waals surface area contributed by atoms with Crippen LogP contribution in [0.25, 0.3) is 0 Å². The van der Waals surface area contributed by atoms with Crippen LogP contribution in [0.3, 0.4) is 0 Å². The summed E-state index contributed by atoms with van der Waals surface area (Å²) < 4.78 is 7.17. The van der Waals surface area contributed by atoms with Crippen molar-refractivity contribution in [2.24, 2.45) is 0 Å². The highest BCUT2D eigenvalue weighted by molar-refractivity contribution is 6.30. The van der Waals surface area contributed by atoms with Crippen LogP contribution in [0, 0.1) is 0 Å². The number of nitrogens with zero attached hydrogens (tertiary/aromatic N) is 2. The fraction of sp³-hybridized carbons (Fsp3) is 0.333. The summed E-state index contributed by atoms with van der Waals surface area (Å²) >= 11 is 5.98. The molecule has 1 fully saturated rings. The van der Waals surface area contributed by atoms with Gasteiger partial charge < -0.3 is 4.74 Å². The molecule has 1 atom stereocenters. The van der Waals surface area contributed by atoms with Crippen molar-refractivity contribution < 1.29 is 9.53 Å². The number of hydrogen-bond acceptors (Lipinski definition) is 3. The van der Waals surface area contributed by atoms with E-state index in [9.17, 15) is 4.79 Å². The van der Waals surface area contributed by atoms with Gasteiger partial charge in [0.2, 0.25) is 0 Å². The first-order valence-corrected chi connectivity index (χ1v) is 6.99. The van der Waals surface area contributed by atoms with Gasteiger partial charge in [-0.05, 0) is 24.1 Å². The van der Waals surface area contributed by atoms with E-state index < -0.39 is 0 Å². The number of hydrogen-bond donors (Lipinski definition) is 0. The van der Waals surface area contributed by atoms with Crippen LogP contribution in [0.5, 0.6) is 0 Å². The minimum absolute atomic E-state index is 0.232. The topological polar surface area (TPSA) is 44.1 Å². The van der Waals surface area contributed by atoms with Gasteiger partial charge in [-0.2, -0.15) is 5.10 Å². The Morgan fingerprint density at radius 1 is 1.50 bits per heavy atom. The molecule has 1 aliphatic rings. The molecular formula is C15H15ClN2O2. The molecule has 1 aliphatic heterocycles. The largest absolute Gasteiger partial charge is 0.381 e. The number of aromatic nitrogens is 2. The number of carbonyl (C=O) groups is 1. The van der Waals surface area contributed by atoms with Gasteiger partial charge in [-0.3, -0.25) is 9.48 Å². The maximum atomic E-state index is 11.2. The predicted octanol–water partition coefficient (Wildman–Crippen LogP) is 2.90. The SMILES string of the molecule is O=Cc1cn(Cc2cccc(Cl)c2)nc1C1CCOC1. The molecule has 0 saturated carbocycles. The highest BCUT2D eigenvalue weighted by atomic mass is 35.5. The van der Waals surface area contributed by atoms with Crippen molar-refractivity contribution in [1.82, 2.24) is 9.78 Å². The molecule has 20 heavy (non-hydrogen) atoms. The van der Waals surface area contributed by atoms with Crippen molar-refractivity contribution >= 4 is 17.9 Å². The van der Waals surface area contributed by atoms with E-state index >= 15 is 0 Å². The Kier molecular flexibility index (Phi) is 3.85. The van der Waals surface area contributed by atoms with Gasteiger partial charge in [0, 0.05) is 23.7 Å². The lowest BCUT2D eigenvalue weighted by Gasteiger charge is -2.05. The van der Waals surface area contributed by atoms with Gasteiger partial charge in [0.15, 0.2) is 6.29 Å². The molecule has 104 valence electrons. The molecule has 5 heteroatoms. The van der Waals surface area contributed by atoms with Crippen molar-refractivity contribution in [1.29, 1.82) is 0 Å². The lowest BCUT2D eigenvalue weighted by atomic mass is 10.0. The second-order valence-corrected chi connectivity index (χ2v) is 5.41. The molecule has 1 saturated heterocycles. The first kappa shape index (κ1) is 13.3. The van der Waals surface area contributed by atoms with Crippen molar-refractivity contribution in [3.63, 3.8) is 0 Å².